The van der Waals surface area contributed by atoms with E-state index in [-0.39, 0.29) is 0 Å². The van der Waals surface area contributed by atoms with Gasteiger partial charge in [-0.3, -0.25) is 0 Å². The van der Waals surface area contributed by atoms with Gasteiger partial charge in [0.2, 0.25) is 0 Å². The highest BCUT2D eigenvalue weighted by molar-refractivity contribution is 6.32. The van der Waals surface area contributed by atoms with E-state index in [2.05, 4.69) is 16.0 Å². The summed E-state index contributed by atoms with van der Waals surface area (Å²) in [5, 5.41) is 0.673. The fraction of sp³-hybridized carbons (Fsp3) is 0.643. The lowest BCUT2D eigenvalue weighted by Gasteiger charge is -2.24. The zero-order valence-corrected chi connectivity index (χ0v) is 11.9. The molecule has 3 rings (SSSR count). The monoisotopic (exact) mass is 284 g/mol. The molecule has 2 fully saturated rings. The van der Waals surface area contributed by atoms with Crippen molar-refractivity contribution in [2.75, 3.05) is 18.0 Å². The molecular weight excluding hydrogens is 267 g/mol. The van der Waals surface area contributed by atoms with E-state index in [9.17, 15) is 0 Å². The van der Waals surface area contributed by atoms with Crippen LogP contribution >= 0.6 is 23.2 Å². The average Bonchev–Trinajstić information content (AvgIpc) is 3.24. The molecule has 18 heavy (non-hydrogen) atoms. The van der Waals surface area contributed by atoms with Crippen LogP contribution in [0.25, 0.3) is 0 Å². The maximum Gasteiger partial charge on any atom is 0.128 e. The normalized spacial score (nSPS) is 19.0. The first kappa shape index (κ1) is 12.6. The van der Waals surface area contributed by atoms with Crippen LogP contribution in [-0.4, -0.2) is 18.1 Å². The van der Waals surface area contributed by atoms with Gasteiger partial charge in [0, 0.05) is 25.2 Å². The van der Waals surface area contributed by atoms with Crippen LogP contribution < -0.4 is 4.90 Å². The zero-order valence-electron chi connectivity index (χ0n) is 10.4. The number of halogens is 2. The summed E-state index contributed by atoms with van der Waals surface area (Å²) in [4.78, 5) is 6.92. The molecule has 0 N–H and O–H groups in total. The second-order valence-corrected chi connectivity index (χ2v) is 6.23. The summed E-state index contributed by atoms with van der Waals surface area (Å²) in [6, 6.07) is 2.06. The Morgan fingerprint density at radius 1 is 1.17 bits per heavy atom. The maximum absolute atomic E-state index is 6.07. The second-order valence-electron chi connectivity index (χ2n) is 5.56. The van der Waals surface area contributed by atoms with E-state index in [0.29, 0.717) is 10.9 Å². The van der Waals surface area contributed by atoms with Crippen LogP contribution in [0.15, 0.2) is 12.3 Å². The van der Waals surface area contributed by atoms with Crippen molar-refractivity contribution in [2.45, 2.75) is 31.6 Å². The number of alkyl halides is 1. The molecule has 2 nitrogen and oxygen atoms in total. The molecule has 1 aromatic heterocycles. The molecule has 0 amide bonds. The minimum Gasteiger partial charge on any atom is -0.356 e. The van der Waals surface area contributed by atoms with Crippen molar-refractivity contribution in [3.63, 3.8) is 0 Å². The van der Waals surface area contributed by atoms with Gasteiger partial charge in [-0.2, -0.15) is 0 Å². The molecule has 0 atom stereocenters. The largest absolute Gasteiger partial charge is 0.356 e. The predicted octanol–water partition coefficient (Wildman–Crippen LogP) is 4.10. The van der Waals surface area contributed by atoms with E-state index in [0.717, 1.165) is 36.3 Å². The van der Waals surface area contributed by atoms with Gasteiger partial charge in [-0.15, -0.1) is 11.6 Å². The van der Waals surface area contributed by atoms with Gasteiger partial charge < -0.3 is 4.90 Å². The van der Waals surface area contributed by atoms with E-state index in [1.54, 1.807) is 6.20 Å². The summed E-state index contributed by atoms with van der Waals surface area (Å²) in [6.07, 6.45) is 7.23. The third-order valence-electron chi connectivity index (χ3n) is 3.74. The molecule has 2 aliphatic rings. The number of anilines is 1. The highest BCUT2D eigenvalue weighted by atomic mass is 35.5. The lowest BCUT2D eigenvalue weighted by atomic mass is 10.2. The van der Waals surface area contributed by atoms with E-state index in [1.807, 2.05) is 0 Å². The molecular formula is C14H18Cl2N2. The van der Waals surface area contributed by atoms with Gasteiger partial charge in [0.05, 0.1) is 5.02 Å². The van der Waals surface area contributed by atoms with E-state index >= 15 is 0 Å². The van der Waals surface area contributed by atoms with Crippen molar-refractivity contribution < 1.29 is 0 Å². The van der Waals surface area contributed by atoms with Crippen LogP contribution in [0.4, 0.5) is 5.82 Å². The molecule has 0 spiro atoms. The van der Waals surface area contributed by atoms with Crippen molar-refractivity contribution in [3.05, 3.63) is 22.8 Å². The molecule has 0 saturated heterocycles. The lowest BCUT2D eigenvalue weighted by Crippen LogP contribution is -2.29. The fourth-order valence-electron chi connectivity index (χ4n) is 2.23. The fourth-order valence-corrected chi connectivity index (χ4v) is 2.69. The number of pyridine rings is 1. The first-order chi connectivity index (χ1) is 8.76. The molecule has 0 unspecified atom stereocenters. The first-order valence-corrected chi connectivity index (χ1v) is 7.63. The summed E-state index contributed by atoms with van der Waals surface area (Å²) >= 11 is 12.0. The van der Waals surface area contributed by atoms with Gasteiger partial charge in [-0.25, -0.2) is 4.98 Å². The molecule has 1 heterocycles. The van der Waals surface area contributed by atoms with Gasteiger partial charge in [-0.05, 0) is 49.1 Å². The van der Waals surface area contributed by atoms with Crippen LogP contribution in [0.1, 0.15) is 31.2 Å². The van der Waals surface area contributed by atoms with E-state index < -0.39 is 0 Å². The topological polar surface area (TPSA) is 16.1 Å². The number of rotatable bonds is 6. The summed E-state index contributed by atoms with van der Waals surface area (Å²) in [5.41, 5.74) is 0.986. The minimum absolute atomic E-state index is 0.453. The molecule has 1 aromatic rings. The molecule has 0 radical (unpaired) electrons. The van der Waals surface area contributed by atoms with E-state index in [4.69, 9.17) is 23.2 Å². The Morgan fingerprint density at radius 2 is 1.78 bits per heavy atom. The average molecular weight is 285 g/mol. The van der Waals surface area contributed by atoms with Crippen LogP contribution in [0.2, 0.25) is 5.02 Å². The Bertz CT molecular complexity index is 414. The maximum atomic E-state index is 6.07. The second kappa shape index (κ2) is 5.26. The minimum atomic E-state index is 0.453. The number of hydrogen-bond acceptors (Lipinski definition) is 2. The van der Waals surface area contributed by atoms with Crippen LogP contribution in [0.3, 0.4) is 0 Å². The molecule has 2 aliphatic carbocycles. The van der Waals surface area contributed by atoms with Crippen molar-refractivity contribution in [1.82, 2.24) is 4.98 Å². The number of hydrogen-bond donors (Lipinski definition) is 0. The summed E-state index contributed by atoms with van der Waals surface area (Å²) < 4.78 is 0. The van der Waals surface area contributed by atoms with Gasteiger partial charge in [0.15, 0.2) is 0 Å². The first-order valence-electron chi connectivity index (χ1n) is 6.71. The Hall–Kier alpha value is -0.470. The smallest absolute Gasteiger partial charge is 0.128 e. The quantitative estimate of drug-likeness (QED) is 0.731. The predicted molar refractivity (Wildman–Crippen MR) is 76.5 cm³/mol. The van der Waals surface area contributed by atoms with Crippen molar-refractivity contribution in [3.8, 4) is 0 Å². The van der Waals surface area contributed by atoms with Crippen LogP contribution in [0.5, 0.6) is 0 Å². The lowest BCUT2D eigenvalue weighted by molar-refractivity contribution is 0.671. The SMILES string of the molecule is ClCc1cc(N(CC2CC2)CC2CC2)ncc1Cl. The molecule has 0 aromatic carbocycles. The number of nitrogens with zero attached hydrogens (tertiary/aromatic N) is 2. The van der Waals surface area contributed by atoms with E-state index in [1.165, 1.54) is 25.7 Å². The van der Waals surface area contributed by atoms with Crippen LogP contribution in [-0.2, 0) is 5.88 Å². The highest BCUT2D eigenvalue weighted by Crippen LogP contribution is 2.35. The van der Waals surface area contributed by atoms with Gasteiger partial charge in [-0.1, -0.05) is 11.6 Å². The summed E-state index contributed by atoms with van der Waals surface area (Å²) in [7, 11) is 0. The third-order valence-corrected chi connectivity index (χ3v) is 4.37. The molecule has 2 saturated carbocycles. The van der Waals surface area contributed by atoms with Gasteiger partial charge in [0.1, 0.15) is 5.82 Å². The highest BCUT2D eigenvalue weighted by Gasteiger charge is 2.29. The molecule has 0 aliphatic heterocycles. The van der Waals surface area contributed by atoms with Gasteiger partial charge in [0.25, 0.3) is 0 Å². The van der Waals surface area contributed by atoms with Crippen molar-refractivity contribution in [2.24, 2.45) is 11.8 Å². The Morgan fingerprint density at radius 3 is 2.28 bits per heavy atom. The van der Waals surface area contributed by atoms with Crippen LogP contribution in [0, 0.1) is 11.8 Å². The standard InChI is InChI=1S/C14H18Cl2N2/c15-6-12-5-14(17-7-13(12)16)18(8-10-1-2-10)9-11-3-4-11/h5,7,10-11H,1-4,6,8-9H2. The summed E-state index contributed by atoms with van der Waals surface area (Å²) in [5.74, 6) is 3.25. The Balaban J connectivity index is 1.77. The third kappa shape index (κ3) is 3.10. The zero-order chi connectivity index (χ0) is 12.5. The molecule has 0 bridgehead atoms. The Kier molecular flexibility index (Phi) is 3.67. The Labute approximate surface area is 118 Å². The summed E-state index contributed by atoms with van der Waals surface area (Å²) in [6.45, 7) is 2.29. The molecule has 4 heteroatoms. The van der Waals surface area contributed by atoms with Crippen molar-refractivity contribution in [1.29, 1.82) is 0 Å². The van der Waals surface area contributed by atoms with Gasteiger partial charge >= 0.3 is 0 Å². The molecule has 98 valence electrons. The van der Waals surface area contributed by atoms with Crippen molar-refractivity contribution >= 4 is 29.0 Å². The number of aromatic nitrogens is 1.